The number of nitrogens with zero attached hydrogens (tertiary/aromatic N) is 4. The number of carbonyl (C=O) groups excluding carboxylic acids is 2. The van der Waals surface area contributed by atoms with Crippen LogP contribution in [0.1, 0.15) is 32.6 Å². The number of amides is 2. The summed E-state index contributed by atoms with van der Waals surface area (Å²) in [6, 6.07) is 11.1. The van der Waals surface area contributed by atoms with Gasteiger partial charge in [-0.2, -0.15) is 10.2 Å². The molecule has 1 saturated heterocycles. The lowest BCUT2D eigenvalue weighted by molar-refractivity contribution is -0.123. The minimum Gasteiger partial charge on any atom is -0.326 e. The predicted molar refractivity (Wildman–Crippen MR) is 108 cm³/mol. The van der Waals surface area contributed by atoms with E-state index in [1.54, 1.807) is 17.2 Å². The zero-order valence-electron chi connectivity index (χ0n) is 16.2. The van der Waals surface area contributed by atoms with Gasteiger partial charge in [0.1, 0.15) is 11.2 Å². The van der Waals surface area contributed by atoms with Gasteiger partial charge in [-0.25, -0.2) is 4.98 Å². The normalized spacial score (nSPS) is 21.0. The molecule has 148 valence electrons. The highest BCUT2D eigenvalue weighted by Gasteiger charge is 2.46. The van der Waals surface area contributed by atoms with Crippen molar-refractivity contribution in [2.75, 3.05) is 22.1 Å². The summed E-state index contributed by atoms with van der Waals surface area (Å²) in [6.45, 7) is 2.32. The maximum atomic E-state index is 12.7. The van der Waals surface area contributed by atoms with Crippen LogP contribution < -0.4 is 15.5 Å². The number of rotatable bonds is 6. The highest BCUT2D eigenvalue weighted by atomic mass is 16.2. The van der Waals surface area contributed by atoms with Crippen LogP contribution in [-0.4, -0.2) is 28.3 Å². The van der Waals surface area contributed by atoms with Crippen molar-refractivity contribution >= 4 is 35.0 Å². The first-order valence-electron chi connectivity index (χ1n) is 9.79. The van der Waals surface area contributed by atoms with Crippen molar-refractivity contribution in [2.24, 2.45) is 11.3 Å². The van der Waals surface area contributed by atoms with Crippen LogP contribution in [0.25, 0.3) is 0 Å². The second kappa shape index (κ2) is 7.51. The summed E-state index contributed by atoms with van der Waals surface area (Å²) in [5, 5.41) is 15.4. The molecule has 1 aromatic carbocycles. The molecule has 2 N–H and O–H groups in total. The predicted octanol–water partition coefficient (Wildman–Crippen LogP) is 3.23. The highest BCUT2D eigenvalue weighted by molar-refractivity contribution is 6.01. The third kappa shape index (κ3) is 3.76. The number of nitrogens with one attached hydrogen (secondary N) is 2. The molecule has 8 heteroatoms. The van der Waals surface area contributed by atoms with Gasteiger partial charge in [0.2, 0.25) is 17.8 Å². The average molecular weight is 390 g/mol. The molecule has 0 unspecified atom stereocenters. The molecule has 0 bridgehead atoms. The Labute approximate surface area is 169 Å². The number of anilines is 4. The fraction of sp³-hybridized carbons (Fsp3) is 0.381. The molecule has 1 aliphatic heterocycles. The van der Waals surface area contributed by atoms with E-state index in [9.17, 15) is 14.9 Å². The quantitative estimate of drug-likeness (QED) is 0.783. The lowest BCUT2D eigenvalue weighted by atomic mass is 9.85. The summed E-state index contributed by atoms with van der Waals surface area (Å²) < 4.78 is 0. The van der Waals surface area contributed by atoms with Crippen molar-refractivity contribution in [3.63, 3.8) is 0 Å². The Kier molecular flexibility index (Phi) is 4.89. The number of nitriles is 1. The summed E-state index contributed by atoms with van der Waals surface area (Å²) in [6.07, 6.45) is 4.50. The van der Waals surface area contributed by atoms with Gasteiger partial charge in [-0.3, -0.25) is 14.5 Å². The fourth-order valence-electron chi connectivity index (χ4n) is 3.41. The monoisotopic (exact) mass is 390 g/mol. The minimum atomic E-state index is -0.959. The van der Waals surface area contributed by atoms with Crippen molar-refractivity contribution in [1.82, 2.24) is 9.97 Å². The van der Waals surface area contributed by atoms with Crippen LogP contribution in [0.15, 0.2) is 36.5 Å². The van der Waals surface area contributed by atoms with Crippen molar-refractivity contribution in [3.8, 4) is 6.07 Å². The van der Waals surface area contributed by atoms with E-state index >= 15 is 0 Å². The Morgan fingerprint density at radius 1 is 1.28 bits per heavy atom. The van der Waals surface area contributed by atoms with Crippen LogP contribution in [0.2, 0.25) is 0 Å². The van der Waals surface area contributed by atoms with Gasteiger partial charge in [-0.1, -0.05) is 6.92 Å². The molecule has 1 aromatic heterocycles. The Morgan fingerprint density at radius 2 is 2.00 bits per heavy atom. The van der Waals surface area contributed by atoms with Crippen LogP contribution in [-0.2, 0) is 9.59 Å². The molecule has 2 aliphatic rings. The topological polar surface area (TPSA) is 111 Å². The molecule has 4 rings (SSSR count). The molecule has 2 amide bonds. The molecule has 1 aliphatic carbocycles. The van der Waals surface area contributed by atoms with Crippen molar-refractivity contribution in [3.05, 3.63) is 36.5 Å². The van der Waals surface area contributed by atoms with E-state index in [-0.39, 0.29) is 17.7 Å². The van der Waals surface area contributed by atoms with Crippen LogP contribution in [0.4, 0.5) is 23.1 Å². The molecule has 2 aromatic rings. The summed E-state index contributed by atoms with van der Waals surface area (Å²) in [5.74, 6) is 0.854. The molecule has 1 saturated carbocycles. The molecule has 8 nitrogen and oxygen atoms in total. The summed E-state index contributed by atoms with van der Waals surface area (Å²) >= 11 is 0. The first-order valence-corrected chi connectivity index (χ1v) is 9.79. The standard InChI is InChI=1S/C21H22N6O2/c1-2-21(13-22)10-12-27(19(21)29)17-9-11-23-20(26-17)25-16-7-5-15(6-8-16)24-18(28)14-3-4-14/h5-9,11,14H,2-4,10,12H2,1H3,(H,24,28)(H,23,25,26)/t21-/m1/s1. The second-order valence-electron chi connectivity index (χ2n) is 7.46. The average Bonchev–Trinajstić information content (AvgIpc) is 3.54. The van der Waals surface area contributed by atoms with Crippen molar-refractivity contribution in [2.45, 2.75) is 32.6 Å². The van der Waals surface area contributed by atoms with Gasteiger partial charge in [0, 0.05) is 30.0 Å². The summed E-state index contributed by atoms with van der Waals surface area (Å²) in [5.41, 5.74) is 0.552. The third-order valence-corrected chi connectivity index (χ3v) is 5.51. The Hall–Kier alpha value is -3.47. The lowest BCUT2D eigenvalue weighted by Crippen LogP contribution is -2.33. The molecule has 0 radical (unpaired) electrons. The van der Waals surface area contributed by atoms with Crippen LogP contribution >= 0.6 is 0 Å². The lowest BCUT2D eigenvalue weighted by Gasteiger charge is -2.19. The molecule has 2 fully saturated rings. The number of benzene rings is 1. The Balaban J connectivity index is 1.45. The van der Waals surface area contributed by atoms with E-state index in [1.807, 2.05) is 31.2 Å². The summed E-state index contributed by atoms with van der Waals surface area (Å²) in [7, 11) is 0. The zero-order valence-corrected chi connectivity index (χ0v) is 16.2. The van der Waals surface area contributed by atoms with Gasteiger partial charge < -0.3 is 10.6 Å². The van der Waals surface area contributed by atoms with E-state index in [1.165, 1.54) is 0 Å². The number of aromatic nitrogens is 2. The zero-order chi connectivity index (χ0) is 20.4. The van der Waals surface area contributed by atoms with Crippen LogP contribution in [0.3, 0.4) is 0 Å². The molecule has 1 atom stereocenters. The van der Waals surface area contributed by atoms with Crippen LogP contribution in [0, 0.1) is 22.7 Å². The number of hydrogen-bond donors (Lipinski definition) is 2. The van der Waals surface area contributed by atoms with Gasteiger partial charge >= 0.3 is 0 Å². The largest absolute Gasteiger partial charge is 0.326 e. The minimum absolute atomic E-state index is 0.0672. The Bertz CT molecular complexity index is 979. The maximum absolute atomic E-state index is 12.7. The van der Waals surface area contributed by atoms with E-state index in [4.69, 9.17) is 0 Å². The smallest absolute Gasteiger partial charge is 0.248 e. The highest BCUT2D eigenvalue weighted by Crippen LogP contribution is 2.36. The number of hydrogen-bond acceptors (Lipinski definition) is 6. The number of carbonyl (C=O) groups is 2. The second-order valence-corrected chi connectivity index (χ2v) is 7.46. The third-order valence-electron chi connectivity index (χ3n) is 5.51. The molecule has 0 spiro atoms. The van der Waals surface area contributed by atoms with Gasteiger partial charge in [0.15, 0.2) is 0 Å². The summed E-state index contributed by atoms with van der Waals surface area (Å²) in [4.78, 5) is 34.8. The molecule has 29 heavy (non-hydrogen) atoms. The van der Waals surface area contributed by atoms with Crippen LogP contribution in [0.5, 0.6) is 0 Å². The van der Waals surface area contributed by atoms with Gasteiger partial charge in [-0.05, 0) is 56.0 Å². The first-order chi connectivity index (χ1) is 14.0. The Morgan fingerprint density at radius 3 is 2.62 bits per heavy atom. The van der Waals surface area contributed by atoms with E-state index < -0.39 is 5.41 Å². The van der Waals surface area contributed by atoms with Gasteiger partial charge in [0.25, 0.3) is 0 Å². The van der Waals surface area contributed by atoms with E-state index in [2.05, 4.69) is 26.7 Å². The fourth-order valence-corrected chi connectivity index (χ4v) is 3.41. The van der Waals surface area contributed by atoms with Crippen molar-refractivity contribution in [1.29, 1.82) is 5.26 Å². The van der Waals surface area contributed by atoms with Gasteiger partial charge in [-0.15, -0.1) is 0 Å². The molecular weight excluding hydrogens is 368 g/mol. The SMILES string of the molecule is CC[C@]1(C#N)CCN(c2ccnc(Nc3ccc(NC(=O)C4CC4)cc3)n2)C1=O. The first kappa shape index (κ1) is 18.9. The van der Waals surface area contributed by atoms with E-state index in [0.717, 1.165) is 24.2 Å². The van der Waals surface area contributed by atoms with Gasteiger partial charge in [0.05, 0.1) is 6.07 Å². The maximum Gasteiger partial charge on any atom is 0.248 e. The van der Waals surface area contributed by atoms with Crippen molar-refractivity contribution < 1.29 is 9.59 Å². The van der Waals surface area contributed by atoms with E-state index in [0.29, 0.717) is 31.2 Å². The molecule has 2 heterocycles. The molecular formula is C21H22N6O2.